The second-order valence-electron chi connectivity index (χ2n) is 3.75. The van der Waals surface area contributed by atoms with Gasteiger partial charge in [0.25, 0.3) is 17.4 Å². The highest BCUT2D eigenvalue weighted by Gasteiger charge is 2.41. The molecule has 0 atom stereocenters. The Labute approximate surface area is 90.3 Å². The normalized spacial score (nSPS) is 14.8. The number of nitrogens with zero attached hydrogens (tertiary/aromatic N) is 2. The van der Waals surface area contributed by atoms with Gasteiger partial charge in [-0.05, 0) is 13.8 Å². The average Bonchev–Trinajstić information content (AvgIpc) is 2.38. The number of hydrogen-bond donors (Lipinski definition) is 2. The number of fused-ring (bicyclic) bond motifs is 1. The van der Waals surface area contributed by atoms with E-state index >= 15 is 0 Å². The molecule has 2 rings (SSSR count). The fourth-order valence-electron chi connectivity index (χ4n) is 1.64. The summed E-state index contributed by atoms with van der Waals surface area (Å²) in [4.78, 5) is 41.9. The first kappa shape index (κ1) is 10.3. The van der Waals surface area contributed by atoms with Crippen molar-refractivity contribution in [3.8, 4) is 0 Å². The summed E-state index contributed by atoms with van der Waals surface area (Å²) in [6.45, 7) is 3.36. The first-order chi connectivity index (χ1) is 7.43. The molecule has 0 saturated carbocycles. The van der Waals surface area contributed by atoms with Crippen molar-refractivity contribution in [2.75, 3.05) is 5.73 Å². The number of H-pyrrole nitrogens is 1. The van der Waals surface area contributed by atoms with E-state index in [9.17, 15) is 14.4 Å². The number of hydrogen-bond acceptors (Lipinski definition) is 5. The van der Waals surface area contributed by atoms with Crippen molar-refractivity contribution >= 4 is 17.8 Å². The Hall–Kier alpha value is -2.18. The molecule has 0 fully saturated rings. The zero-order chi connectivity index (χ0) is 12.0. The van der Waals surface area contributed by atoms with E-state index < -0.39 is 17.4 Å². The lowest BCUT2D eigenvalue weighted by atomic mass is 10.2. The maximum absolute atomic E-state index is 11.8. The third-order valence-electron chi connectivity index (χ3n) is 2.31. The lowest BCUT2D eigenvalue weighted by molar-refractivity contribution is 0.0607. The number of imide groups is 1. The number of aromatic amines is 1. The van der Waals surface area contributed by atoms with E-state index in [1.807, 2.05) is 0 Å². The SMILES string of the molecule is CC(C)N1C(=O)c2nc(N)[nH]c(=O)c2C1=O. The molecule has 0 aliphatic carbocycles. The summed E-state index contributed by atoms with van der Waals surface area (Å²) in [7, 11) is 0. The molecule has 3 N–H and O–H groups in total. The molecule has 84 valence electrons. The monoisotopic (exact) mass is 222 g/mol. The smallest absolute Gasteiger partial charge is 0.280 e. The standard InChI is InChI=1S/C9H10N4O3/c1-3(2)13-7(15)4-5(8(13)16)11-9(10)12-6(4)14/h3H,1-2H3,(H3,10,11,12,14). The van der Waals surface area contributed by atoms with Crippen LogP contribution in [0, 0.1) is 0 Å². The van der Waals surface area contributed by atoms with Crippen molar-refractivity contribution in [3.63, 3.8) is 0 Å². The van der Waals surface area contributed by atoms with Crippen LogP contribution >= 0.6 is 0 Å². The Morgan fingerprint density at radius 3 is 2.44 bits per heavy atom. The number of carbonyl (C=O) groups is 2. The number of anilines is 1. The summed E-state index contributed by atoms with van der Waals surface area (Å²) in [5, 5.41) is 0. The highest BCUT2D eigenvalue weighted by Crippen LogP contribution is 2.20. The zero-order valence-electron chi connectivity index (χ0n) is 8.77. The van der Waals surface area contributed by atoms with Gasteiger partial charge in [-0.2, -0.15) is 0 Å². The second kappa shape index (κ2) is 3.16. The molecule has 2 amide bonds. The number of nitrogens with one attached hydrogen (secondary N) is 1. The Morgan fingerprint density at radius 2 is 1.88 bits per heavy atom. The van der Waals surface area contributed by atoms with Crippen LogP contribution in [0.2, 0.25) is 0 Å². The largest absolute Gasteiger partial charge is 0.369 e. The lowest BCUT2D eigenvalue weighted by Gasteiger charge is -2.17. The fraction of sp³-hybridized carbons (Fsp3) is 0.333. The Morgan fingerprint density at radius 1 is 1.25 bits per heavy atom. The van der Waals surface area contributed by atoms with Gasteiger partial charge in [-0.25, -0.2) is 4.98 Å². The van der Waals surface area contributed by atoms with Gasteiger partial charge in [-0.15, -0.1) is 0 Å². The molecule has 0 unspecified atom stereocenters. The van der Waals surface area contributed by atoms with Gasteiger partial charge in [0.15, 0.2) is 5.69 Å². The van der Waals surface area contributed by atoms with E-state index in [0.717, 1.165) is 4.90 Å². The number of carbonyl (C=O) groups excluding carboxylic acids is 2. The van der Waals surface area contributed by atoms with E-state index in [1.165, 1.54) is 0 Å². The molecule has 2 heterocycles. The number of nitrogens with two attached hydrogens (primary N) is 1. The maximum Gasteiger partial charge on any atom is 0.280 e. The van der Waals surface area contributed by atoms with E-state index in [1.54, 1.807) is 13.8 Å². The van der Waals surface area contributed by atoms with E-state index in [-0.39, 0.29) is 23.2 Å². The van der Waals surface area contributed by atoms with Crippen LogP contribution in [0.1, 0.15) is 34.7 Å². The molecule has 0 bridgehead atoms. The highest BCUT2D eigenvalue weighted by molar-refractivity contribution is 6.20. The Bertz CT molecular complexity index is 546. The van der Waals surface area contributed by atoms with Gasteiger partial charge in [0.1, 0.15) is 5.56 Å². The molecule has 1 aromatic heterocycles. The molecule has 0 spiro atoms. The molecular weight excluding hydrogens is 212 g/mol. The molecule has 0 radical (unpaired) electrons. The molecule has 7 nitrogen and oxygen atoms in total. The first-order valence-corrected chi connectivity index (χ1v) is 4.71. The predicted octanol–water partition coefficient (Wildman–Crippen LogP) is -0.643. The van der Waals surface area contributed by atoms with Crippen LogP contribution in [0.15, 0.2) is 4.79 Å². The summed E-state index contributed by atoms with van der Waals surface area (Å²) >= 11 is 0. The Balaban J connectivity index is 2.69. The van der Waals surface area contributed by atoms with Gasteiger partial charge in [0.2, 0.25) is 5.95 Å². The summed E-state index contributed by atoms with van der Waals surface area (Å²) in [5.74, 6) is -1.37. The van der Waals surface area contributed by atoms with Crippen molar-refractivity contribution in [1.82, 2.24) is 14.9 Å². The van der Waals surface area contributed by atoms with Crippen LogP contribution in [0.4, 0.5) is 5.95 Å². The predicted molar refractivity (Wildman–Crippen MR) is 54.9 cm³/mol. The minimum Gasteiger partial charge on any atom is -0.369 e. The maximum atomic E-state index is 11.8. The third kappa shape index (κ3) is 1.21. The van der Waals surface area contributed by atoms with Crippen molar-refractivity contribution in [3.05, 3.63) is 21.6 Å². The molecule has 16 heavy (non-hydrogen) atoms. The van der Waals surface area contributed by atoms with E-state index in [0.29, 0.717) is 0 Å². The summed E-state index contributed by atoms with van der Waals surface area (Å²) in [5.41, 5.74) is 4.24. The summed E-state index contributed by atoms with van der Waals surface area (Å²) in [6.07, 6.45) is 0. The molecule has 0 aromatic carbocycles. The zero-order valence-corrected chi connectivity index (χ0v) is 8.77. The lowest BCUT2D eigenvalue weighted by Crippen LogP contribution is -2.36. The highest BCUT2D eigenvalue weighted by atomic mass is 16.2. The van der Waals surface area contributed by atoms with Gasteiger partial charge < -0.3 is 5.73 Å². The molecule has 1 aliphatic rings. The van der Waals surface area contributed by atoms with Gasteiger partial charge in [0, 0.05) is 6.04 Å². The third-order valence-corrected chi connectivity index (χ3v) is 2.31. The minimum atomic E-state index is -0.677. The van der Waals surface area contributed by atoms with Gasteiger partial charge in [-0.3, -0.25) is 24.3 Å². The molecular formula is C9H10N4O3. The second-order valence-corrected chi connectivity index (χ2v) is 3.75. The van der Waals surface area contributed by atoms with Gasteiger partial charge in [-0.1, -0.05) is 0 Å². The topological polar surface area (TPSA) is 109 Å². The number of aromatic nitrogens is 2. The van der Waals surface area contributed by atoms with E-state index in [4.69, 9.17) is 5.73 Å². The van der Waals surface area contributed by atoms with Crippen LogP contribution in [0.3, 0.4) is 0 Å². The first-order valence-electron chi connectivity index (χ1n) is 4.71. The fourth-order valence-corrected chi connectivity index (χ4v) is 1.64. The molecule has 7 heteroatoms. The van der Waals surface area contributed by atoms with Crippen LogP contribution < -0.4 is 11.3 Å². The molecule has 1 aromatic rings. The van der Waals surface area contributed by atoms with E-state index in [2.05, 4.69) is 9.97 Å². The molecule has 0 saturated heterocycles. The van der Waals surface area contributed by atoms with Crippen LogP contribution in [-0.4, -0.2) is 32.7 Å². The quantitative estimate of drug-likeness (QED) is 0.614. The van der Waals surface area contributed by atoms with Crippen LogP contribution in [-0.2, 0) is 0 Å². The number of nitrogen functional groups attached to an aromatic ring is 1. The van der Waals surface area contributed by atoms with Gasteiger partial charge in [0.05, 0.1) is 0 Å². The number of rotatable bonds is 1. The van der Waals surface area contributed by atoms with Crippen LogP contribution in [0.5, 0.6) is 0 Å². The van der Waals surface area contributed by atoms with Crippen molar-refractivity contribution in [2.45, 2.75) is 19.9 Å². The molecule has 1 aliphatic heterocycles. The summed E-state index contributed by atoms with van der Waals surface area (Å²) in [6, 6.07) is -0.324. The van der Waals surface area contributed by atoms with Gasteiger partial charge >= 0.3 is 0 Å². The van der Waals surface area contributed by atoms with Crippen molar-refractivity contribution in [2.24, 2.45) is 0 Å². The average molecular weight is 222 g/mol. The number of amides is 2. The van der Waals surface area contributed by atoms with Crippen molar-refractivity contribution < 1.29 is 9.59 Å². The minimum absolute atomic E-state index is 0.167. The van der Waals surface area contributed by atoms with Crippen LogP contribution in [0.25, 0.3) is 0 Å². The van der Waals surface area contributed by atoms with Crippen molar-refractivity contribution in [1.29, 1.82) is 0 Å². The Kier molecular flexibility index (Phi) is 2.04. The summed E-state index contributed by atoms with van der Waals surface area (Å²) < 4.78 is 0.